The number of hydrogen-bond donors (Lipinski definition) is 0. The Bertz CT molecular complexity index is 4190. The molecular formula is C69H47N3. The normalized spacial score (nSPS) is 13.9. The lowest BCUT2D eigenvalue weighted by molar-refractivity contribution is 0.727. The molecular weight excluding hydrogens is 871 g/mol. The zero-order valence-corrected chi connectivity index (χ0v) is 39.6. The number of hydrogen-bond acceptors (Lipinski definition) is 2. The highest BCUT2D eigenvalue weighted by atomic mass is 15.0. The van der Waals surface area contributed by atoms with Crippen molar-refractivity contribution in [1.82, 2.24) is 14.5 Å². The minimum absolute atomic E-state index is 0.755. The van der Waals surface area contributed by atoms with Crippen LogP contribution in [0.5, 0.6) is 0 Å². The third-order valence-corrected chi connectivity index (χ3v) is 15.8. The van der Waals surface area contributed by atoms with Crippen molar-refractivity contribution in [3.8, 4) is 117 Å². The van der Waals surface area contributed by atoms with Crippen LogP contribution in [-0.2, 0) is 0 Å². The standard InChI is InChI=1S/C69H47N3/c1-2-17-43(16-1)67-47(27-13-28-48(67)45-33-36-58-61-29-14-38-70-68(61)60-26-10-9-21-52(60)51-20-5-7-23-54(51)64(58)41-45)44-32-35-56-57-37-34-46(72-66-31-12-11-25-59(66)62-30-15-39-71-69(62)72)42-65(57)55-24-8-4-19-50(55)49-18-3-6-22-53(49)63(56)40-44/h3-15,18-43H,1-2,16-17H2/i43D. The largest absolute Gasteiger partial charge is 0.294 e. The van der Waals surface area contributed by atoms with E-state index in [1.165, 1.54) is 72.1 Å². The molecule has 72 heavy (non-hydrogen) atoms. The van der Waals surface area contributed by atoms with Crippen LogP contribution in [-0.4, -0.2) is 14.5 Å². The lowest BCUT2D eigenvalue weighted by Gasteiger charge is -2.26. The first kappa shape index (κ1) is 39.9. The summed E-state index contributed by atoms with van der Waals surface area (Å²) >= 11 is 0. The lowest BCUT2D eigenvalue weighted by atomic mass is 9.78. The maximum atomic E-state index is 10.5. The molecule has 3 heteroatoms. The molecule has 0 atom stereocenters. The van der Waals surface area contributed by atoms with Gasteiger partial charge in [-0.1, -0.05) is 183 Å². The monoisotopic (exact) mass is 918 g/mol. The number of fused-ring (bicyclic) bond motifs is 19. The summed E-state index contributed by atoms with van der Waals surface area (Å²) in [7, 11) is 0. The predicted molar refractivity (Wildman–Crippen MR) is 299 cm³/mol. The van der Waals surface area contributed by atoms with Gasteiger partial charge < -0.3 is 0 Å². The van der Waals surface area contributed by atoms with Crippen LogP contribution in [0, 0.1) is 0 Å². The van der Waals surface area contributed by atoms with E-state index in [0.29, 0.717) is 0 Å². The molecule has 0 bridgehead atoms. The summed E-state index contributed by atoms with van der Waals surface area (Å²) in [5.74, 6) is -0.755. The number of aromatic nitrogens is 3. The SMILES string of the molecule is [2H]C1(c2c(-c3ccc4c(c3)-c3ccccc3-c3ccccc3-c3cc(-n5c6ccccc6c6cccnc65)ccc3-4)cccc2-c2ccc3c(c2)-c2ccccc2-c2ccccc2-c2ncccc2-3)CCCC1. The summed E-state index contributed by atoms with van der Waals surface area (Å²) in [6.45, 7) is 0. The molecule has 0 aliphatic heterocycles. The average Bonchev–Trinajstić information content (AvgIpc) is 4.06. The fourth-order valence-corrected chi connectivity index (χ4v) is 12.6. The van der Waals surface area contributed by atoms with Crippen LogP contribution in [0.3, 0.4) is 0 Å². The maximum absolute atomic E-state index is 10.5. The Kier molecular flexibility index (Phi) is 9.05. The quantitative estimate of drug-likeness (QED) is 0.176. The van der Waals surface area contributed by atoms with E-state index in [1.807, 2.05) is 18.5 Å². The Morgan fingerprint density at radius 2 is 0.778 bits per heavy atom. The molecule has 3 aliphatic carbocycles. The molecule has 0 spiro atoms. The fourth-order valence-electron chi connectivity index (χ4n) is 12.6. The van der Waals surface area contributed by atoms with Gasteiger partial charge in [-0.25, -0.2) is 4.98 Å². The van der Waals surface area contributed by atoms with E-state index in [9.17, 15) is 1.37 Å². The van der Waals surface area contributed by atoms with Gasteiger partial charge in [-0.05, 0) is 167 Å². The van der Waals surface area contributed by atoms with Gasteiger partial charge in [0.1, 0.15) is 5.65 Å². The van der Waals surface area contributed by atoms with Crippen molar-refractivity contribution in [1.29, 1.82) is 0 Å². The van der Waals surface area contributed by atoms with Crippen molar-refractivity contribution >= 4 is 21.9 Å². The van der Waals surface area contributed by atoms with Gasteiger partial charge in [0.15, 0.2) is 0 Å². The summed E-state index contributed by atoms with van der Waals surface area (Å²) in [6.07, 6.45) is 7.53. The van der Waals surface area contributed by atoms with E-state index < -0.39 is 5.89 Å². The second-order valence-electron chi connectivity index (χ2n) is 19.6. The summed E-state index contributed by atoms with van der Waals surface area (Å²) in [5, 5.41) is 2.34. The average molecular weight is 919 g/mol. The molecule has 3 aliphatic rings. The minimum atomic E-state index is -0.755. The maximum Gasteiger partial charge on any atom is 0.145 e. The van der Waals surface area contributed by atoms with Crippen LogP contribution in [0.2, 0.25) is 0 Å². The summed E-state index contributed by atoms with van der Waals surface area (Å²) in [6, 6.07) is 80.2. The first-order valence-electron chi connectivity index (χ1n) is 25.8. The van der Waals surface area contributed by atoms with Crippen LogP contribution in [0.4, 0.5) is 0 Å². The third-order valence-electron chi connectivity index (χ3n) is 15.8. The van der Waals surface area contributed by atoms with Gasteiger partial charge in [0.25, 0.3) is 0 Å². The van der Waals surface area contributed by atoms with Crippen molar-refractivity contribution in [2.45, 2.75) is 31.6 Å². The van der Waals surface area contributed by atoms with Crippen molar-refractivity contribution in [2.24, 2.45) is 0 Å². The highest BCUT2D eigenvalue weighted by molar-refractivity contribution is 6.09. The molecule has 338 valence electrons. The van der Waals surface area contributed by atoms with Gasteiger partial charge in [0.2, 0.25) is 0 Å². The van der Waals surface area contributed by atoms with E-state index in [-0.39, 0.29) is 0 Å². The highest BCUT2D eigenvalue weighted by Crippen LogP contribution is 2.53. The van der Waals surface area contributed by atoms with Gasteiger partial charge in [-0.15, -0.1) is 0 Å². The second kappa shape index (κ2) is 16.3. The molecule has 0 N–H and O–H groups in total. The molecule has 3 nitrogen and oxygen atoms in total. The van der Waals surface area contributed by atoms with Gasteiger partial charge in [-0.2, -0.15) is 0 Å². The Morgan fingerprint density at radius 3 is 1.40 bits per heavy atom. The lowest BCUT2D eigenvalue weighted by Crippen LogP contribution is -2.02. The topological polar surface area (TPSA) is 30.7 Å². The van der Waals surface area contributed by atoms with Crippen molar-refractivity contribution in [2.75, 3.05) is 0 Å². The molecule has 3 heterocycles. The Labute approximate surface area is 420 Å². The molecule has 3 aromatic heterocycles. The van der Waals surface area contributed by atoms with Crippen LogP contribution in [0.15, 0.2) is 231 Å². The first-order valence-corrected chi connectivity index (χ1v) is 25.3. The summed E-state index contributed by atoms with van der Waals surface area (Å²) in [5.41, 5.74) is 27.5. The Hall–Kier alpha value is -8.92. The zero-order chi connectivity index (χ0) is 48.2. The Morgan fingerprint density at radius 1 is 0.347 bits per heavy atom. The summed E-state index contributed by atoms with van der Waals surface area (Å²) < 4.78 is 12.8. The zero-order valence-electron chi connectivity index (χ0n) is 40.6. The molecule has 12 aromatic rings. The Balaban J connectivity index is 0.943. The van der Waals surface area contributed by atoms with Crippen LogP contribution in [0.25, 0.3) is 139 Å². The fraction of sp³-hybridized carbons (Fsp3) is 0.0725. The van der Waals surface area contributed by atoms with E-state index in [1.54, 1.807) is 0 Å². The molecule has 1 fully saturated rings. The third kappa shape index (κ3) is 6.23. The van der Waals surface area contributed by atoms with Crippen molar-refractivity contribution < 1.29 is 1.37 Å². The number of nitrogens with zero attached hydrogens (tertiary/aromatic N) is 3. The first-order chi connectivity index (χ1) is 36.1. The van der Waals surface area contributed by atoms with Gasteiger partial charge in [0.05, 0.1) is 11.2 Å². The number of para-hydroxylation sites is 1. The molecule has 9 aromatic carbocycles. The number of rotatable bonds is 4. The second-order valence-corrected chi connectivity index (χ2v) is 19.6. The molecule has 0 saturated heterocycles. The van der Waals surface area contributed by atoms with Crippen molar-refractivity contribution in [3.05, 3.63) is 236 Å². The minimum Gasteiger partial charge on any atom is -0.294 e. The molecule has 0 unspecified atom stereocenters. The van der Waals surface area contributed by atoms with Gasteiger partial charge in [-0.3, -0.25) is 9.55 Å². The van der Waals surface area contributed by atoms with E-state index in [2.05, 4.69) is 217 Å². The van der Waals surface area contributed by atoms with Gasteiger partial charge >= 0.3 is 0 Å². The van der Waals surface area contributed by atoms with E-state index >= 15 is 0 Å². The molecule has 1 saturated carbocycles. The number of pyridine rings is 2. The van der Waals surface area contributed by atoms with Crippen LogP contribution < -0.4 is 0 Å². The summed E-state index contributed by atoms with van der Waals surface area (Å²) in [4.78, 5) is 9.97. The van der Waals surface area contributed by atoms with E-state index in [4.69, 9.17) is 9.97 Å². The molecule has 15 rings (SSSR count). The van der Waals surface area contributed by atoms with Crippen molar-refractivity contribution in [3.63, 3.8) is 0 Å². The predicted octanol–water partition coefficient (Wildman–Crippen LogP) is 18.5. The smallest absolute Gasteiger partial charge is 0.145 e. The van der Waals surface area contributed by atoms with Crippen LogP contribution >= 0.6 is 0 Å². The highest BCUT2D eigenvalue weighted by Gasteiger charge is 2.29. The van der Waals surface area contributed by atoms with E-state index in [0.717, 1.165) is 98.1 Å². The molecule has 0 radical (unpaired) electrons. The molecule has 0 amide bonds. The van der Waals surface area contributed by atoms with Gasteiger partial charge in [0, 0.05) is 41.4 Å². The van der Waals surface area contributed by atoms with Crippen LogP contribution in [0.1, 0.15) is 38.5 Å². The number of benzene rings is 9.